The van der Waals surface area contributed by atoms with E-state index in [0.717, 1.165) is 0 Å². The maximum atomic E-state index is 13.3. The van der Waals surface area contributed by atoms with E-state index in [1.165, 1.54) is 18.2 Å². The molecule has 0 radical (unpaired) electrons. The van der Waals surface area contributed by atoms with E-state index < -0.39 is 23.6 Å². The summed E-state index contributed by atoms with van der Waals surface area (Å²) in [7, 11) is 0. The second-order valence-corrected chi connectivity index (χ2v) is 5.28. The Morgan fingerprint density at radius 3 is 2.63 bits per heavy atom. The van der Waals surface area contributed by atoms with Crippen LogP contribution >= 0.6 is 11.6 Å². The highest BCUT2D eigenvalue weighted by atomic mass is 35.5. The van der Waals surface area contributed by atoms with Crippen molar-refractivity contribution in [3.05, 3.63) is 34.6 Å². The molecule has 1 rings (SSSR count). The number of halogens is 2. The van der Waals surface area contributed by atoms with Crippen LogP contribution in [0.4, 0.5) is 9.18 Å². The highest BCUT2D eigenvalue weighted by Crippen LogP contribution is 2.24. The lowest BCUT2D eigenvalue weighted by Gasteiger charge is -2.22. The second-order valence-electron chi connectivity index (χ2n) is 4.90. The summed E-state index contributed by atoms with van der Waals surface area (Å²) in [6.45, 7) is 5.08. The van der Waals surface area contributed by atoms with E-state index in [-0.39, 0.29) is 10.6 Å². The van der Waals surface area contributed by atoms with Crippen LogP contribution in [0.5, 0.6) is 0 Å². The second kappa shape index (κ2) is 6.02. The zero-order chi connectivity index (χ0) is 14.6. The number of aldehydes is 1. The summed E-state index contributed by atoms with van der Waals surface area (Å²) in [5.41, 5.74) is -0.508. The van der Waals surface area contributed by atoms with Gasteiger partial charge in [-0.15, -0.1) is 0 Å². The first-order valence-corrected chi connectivity index (χ1v) is 6.01. The van der Waals surface area contributed by atoms with Crippen LogP contribution in [-0.2, 0) is 9.53 Å². The van der Waals surface area contributed by atoms with E-state index in [4.69, 9.17) is 16.3 Å². The highest BCUT2D eigenvalue weighted by molar-refractivity contribution is 6.31. The Balaban J connectivity index is 2.87. The van der Waals surface area contributed by atoms with Gasteiger partial charge in [0.1, 0.15) is 23.7 Å². The molecular weight excluding hydrogens is 273 g/mol. The topological polar surface area (TPSA) is 55.4 Å². The van der Waals surface area contributed by atoms with Gasteiger partial charge in [0.2, 0.25) is 0 Å². The highest BCUT2D eigenvalue weighted by Gasteiger charge is 2.22. The standard InChI is InChI=1S/C13H15ClFNO3/c1-13(2,3)19-12(18)16-10(7-17)8-5-4-6-9(15)11(8)14/h4-7,10H,1-3H3,(H,16,18). The van der Waals surface area contributed by atoms with Gasteiger partial charge in [-0.05, 0) is 26.8 Å². The summed E-state index contributed by atoms with van der Waals surface area (Å²) in [6, 6.07) is 2.98. The molecule has 0 fully saturated rings. The van der Waals surface area contributed by atoms with Gasteiger partial charge in [-0.1, -0.05) is 23.7 Å². The summed E-state index contributed by atoms with van der Waals surface area (Å²) in [6.07, 6.45) is -0.310. The fraction of sp³-hybridized carbons (Fsp3) is 0.385. The SMILES string of the molecule is CC(C)(C)OC(=O)NC(C=O)c1cccc(F)c1Cl. The number of ether oxygens (including phenoxy) is 1. The van der Waals surface area contributed by atoms with Crippen LogP contribution < -0.4 is 5.32 Å². The van der Waals surface area contributed by atoms with Crippen molar-refractivity contribution < 1.29 is 18.7 Å². The number of rotatable bonds is 3. The van der Waals surface area contributed by atoms with Crippen molar-refractivity contribution in [2.24, 2.45) is 0 Å². The number of hydrogen-bond acceptors (Lipinski definition) is 3. The number of benzene rings is 1. The fourth-order valence-electron chi connectivity index (χ4n) is 1.38. The molecule has 0 saturated heterocycles. The third-order valence-corrected chi connectivity index (χ3v) is 2.52. The monoisotopic (exact) mass is 287 g/mol. The third kappa shape index (κ3) is 4.52. The number of amides is 1. The average molecular weight is 288 g/mol. The molecule has 1 amide bonds. The molecule has 104 valence electrons. The van der Waals surface area contributed by atoms with E-state index >= 15 is 0 Å². The van der Waals surface area contributed by atoms with E-state index in [1.807, 2.05) is 0 Å². The van der Waals surface area contributed by atoms with Crippen LogP contribution in [0.2, 0.25) is 5.02 Å². The summed E-state index contributed by atoms with van der Waals surface area (Å²) in [4.78, 5) is 22.6. The van der Waals surface area contributed by atoms with Crippen molar-refractivity contribution in [2.75, 3.05) is 0 Å². The normalized spacial score (nSPS) is 12.7. The van der Waals surface area contributed by atoms with E-state index in [2.05, 4.69) is 5.32 Å². The number of nitrogens with one attached hydrogen (secondary N) is 1. The van der Waals surface area contributed by atoms with Gasteiger partial charge in [-0.2, -0.15) is 0 Å². The summed E-state index contributed by atoms with van der Waals surface area (Å²) >= 11 is 5.76. The summed E-state index contributed by atoms with van der Waals surface area (Å²) < 4.78 is 18.3. The molecular formula is C13H15ClFNO3. The van der Waals surface area contributed by atoms with Gasteiger partial charge < -0.3 is 14.8 Å². The van der Waals surface area contributed by atoms with Crippen molar-refractivity contribution in [3.63, 3.8) is 0 Å². The molecule has 0 aliphatic carbocycles. The minimum Gasteiger partial charge on any atom is -0.444 e. The van der Waals surface area contributed by atoms with Crippen LogP contribution in [0.1, 0.15) is 32.4 Å². The molecule has 1 aromatic rings. The minimum atomic E-state index is -1.06. The molecule has 6 heteroatoms. The Labute approximate surface area is 115 Å². The molecule has 0 bridgehead atoms. The van der Waals surface area contributed by atoms with Crippen molar-refractivity contribution in [3.8, 4) is 0 Å². The molecule has 0 saturated carbocycles. The van der Waals surface area contributed by atoms with Crippen LogP contribution in [-0.4, -0.2) is 18.0 Å². The Kier molecular flexibility index (Phi) is 4.89. The molecule has 1 aromatic carbocycles. The summed E-state index contributed by atoms with van der Waals surface area (Å²) in [5, 5.41) is 2.13. The Morgan fingerprint density at radius 1 is 1.47 bits per heavy atom. The predicted octanol–water partition coefficient (Wildman–Crippen LogP) is 3.24. The maximum Gasteiger partial charge on any atom is 0.408 e. The minimum absolute atomic E-state index is 0.183. The van der Waals surface area contributed by atoms with E-state index in [1.54, 1.807) is 20.8 Å². The predicted molar refractivity (Wildman–Crippen MR) is 69.6 cm³/mol. The number of alkyl carbamates (subject to hydrolysis) is 1. The molecule has 1 unspecified atom stereocenters. The average Bonchev–Trinajstić information content (AvgIpc) is 2.27. The molecule has 1 N–H and O–H groups in total. The first kappa shape index (κ1) is 15.4. The quantitative estimate of drug-likeness (QED) is 0.868. The third-order valence-electron chi connectivity index (χ3n) is 2.12. The lowest BCUT2D eigenvalue weighted by molar-refractivity contribution is -0.109. The molecule has 0 aliphatic heterocycles. The van der Waals surface area contributed by atoms with Crippen molar-refractivity contribution in [1.29, 1.82) is 0 Å². The Bertz CT molecular complexity index is 485. The Hall–Kier alpha value is -1.62. The van der Waals surface area contributed by atoms with Crippen LogP contribution in [0.15, 0.2) is 18.2 Å². The van der Waals surface area contributed by atoms with Gasteiger partial charge in [0.15, 0.2) is 0 Å². The Morgan fingerprint density at radius 2 is 2.11 bits per heavy atom. The van der Waals surface area contributed by atoms with Crippen molar-refractivity contribution in [1.82, 2.24) is 5.32 Å². The van der Waals surface area contributed by atoms with Crippen molar-refractivity contribution in [2.45, 2.75) is 32.4 Å². The smallest absolute Gasteiger partial charge is 0.408 e. The molecule has 1 atom stereocenters. The molecule has 4 nitrogen and oxygen atoms in total. The fourth-order valence-corrected chi connectivity index (χ4v) is 1.62. The van der Waals surface area contributed by atoms with Gasteiger partial charge in [0, 0.05) is 5.56 Å². The summed E-state index contributed by atoms with van der Waals surface area (Å²) in [5.74, 6) is -0.656. The van der Waals surface area contributed by atoms with E-state index in [0.29, 0.717) is 6.29 Å². The molecule has 0 aromatic heterocycles. The van der Waals surface area contributed by atoms with Crippen LogP contribution in [0.3, 0.4) is 0 Å². The zero-order valence-corrected chi connectivity index (χ0v) is 11.6. The van der Waals surface area contributed by atoms with Gasteiger partial charge in [-0.3, -0.25) is 0 Å². The first-order valence-electron chi connectivity index (χ1n) is 5.63. The first-order chi connectivity index (χ1) is 8.74. The van der Waals surface area contributed by atoms with Crippen molar-refractivity contribution >= 4 is 24.0 Å². The lowest BCUT2D eigenvalue weighted by atomic mass is 10.1. The number of carbonyl (C=O) groups excluding carboxylic acids is 2. The lowest BCUT2D eigenvalue weighted by Crippen LogP contribution is -2.35. The van der Waals surface area contributed by atoms with Crippen LogP contribution in [0.25, 0.3) is 0 Å². The molecule has 19 heavy (non-hydrogen) atoms. The van der Waals surface area contributed by atoms with Gasteiger partial charge in [0.25, 0.3) is 0 Å². The molecule has 0 aliphatic rings. The van der Waals surface area contributed by atoms with Gasteiger partial charge >= 0.3 is 6.09 Å². The number of carbonyl (C=O) groups is 2. The largest absolute Gasteiger partial charge is 0.444 e. The van der Waals surface area contributed by atoms with E-state index in [9.17, 15) is 14.0 Å². The van der Waals surface area contributed by atoms with Gasteiger partial charge in [-0.25, -0.2) is 9.18 Å². The maximum absolute atomic E-state index is 13.3. The molecule has 0 spiro atoms. The zero-order valence-electron chi connectivity index (χ0n) is 10.9. The molecule has 0 heterocycles. The number of hydrogen-bond donors (Lipinski definition) is 1. The van der Waals surface area contributed by atoms with Gasteiger partial charge in [0.05, 0.1) is 5.02 Å². The van der Waals surface area contributed by atoms with Crippen LogP contribution in [0, 0.1) is 5.82 Å².